The minimum atomic E-state index is -0.450. The summed E-state index contributed by atoms with van der Waals surface area (Å²) in [5.74, 6) is -0.613. The largest absolute Gasteiger partial charge is 0.468 e. The summed E-state index contributed by atoms with van der Waals surface area (Å²) in [5, 5.41) is 5.54. The number of methoxy groups -OCH3 is 1. The highest BCUT2D eigenvalue weighted by Gasteiger charge is 2.24. The van der Waals surface area contributed by atoms with Gasteiger partial charge in [-0.05, 0) is 45.9 Å². The number of hydrogen-bond acceptors (Lipinski definition) is 4. The van der Waals surface area contributed by atoms with Gasteiger partial charge in [0.15, 0.2) is 0 Å². The number of ether oxygens (including phenoxy) is 1. The van der Waals surface area contributed by atoms with Gasteiger partial charge in [-0.3, -0.25) is 9.59 Å². The van der Waals surface area contributed by atoms with E-state index in [4.69, 9.17) is 23.2 Å². The van der Waals surface area contributed by atoms with Gasteiger partial charge < -0.3 is 9.64 Å². The topological polar surface area (TPSA) is 64.4 Å². The number of amides is 1. The van der Waals surface area contributed by atoms with Crippen molar-refractivity contribution in [1.29, 1.82) is 0 Å². The zero-order valence-electron chi connectivity index (χ0n) is 16.0. The number of rotatable bonds is 6. The molecule has 1 aromatic heterocycles. The maximum atomic E-state index is 12.8. The molecule has 0 fully saturated rings. The van der Waals surface area contributed by atoms with Crippen molar-refractivity contribution >= 4 is 35.1 Å². The molecule has 0 radical (unpaired) electrons. The SMILES string of the molecule is COC(=O)CN(C(=O)Cc1c(C)nn(-c2ccc(Cl)cc2Cl)c1C)C(C)C. The molecule has 0 atom stereocenters. The average molecular weight is 412 g/mol. The third-order valence-electron chi connectivity index (χ3n) is 4.38. The second kappa shape index (κ2) is 8.76. The van der Waals surface area contributed by atoms with Gasteiger partial charge in [-0.25, -0.2) is 4.68 Å². The summed E-state index contributed by atoms with van der Waals surface area (Å²) in [6.45, 7) is 7.36. The molecule has 0 unspecified atom stereocenters. The van der Waals surface area contributed by atoms with Gasteiger partial charge in [0.05, 0.1) is 29.9 Å². The molecule has 8 heteroatoms. The maximum absolute atomic E-state index is 12.8. The predicted molar refractivity (Wildman–Crippen MR) is 106 cm³/mol. The monoisotopic (exact) mass is 411 g/mol. The van der Waals surface area contributed by atoms with Gasteiger partial charge in [0.1, 0.15) is 6.54 Å². The van der Waals surface area contributed by atoms with Gasteiger partial charge in [0.25, 0.3) is 0 Å². The first kappa shape index (κ1) is 21.3. The summed E-state index contributed by atoms with van der Waals surface area (Å²) >= 11 is 12.3. The molecule has 0 saturated heterocycles. The Bertz CT molecular complexity index is 862. The zero-order valence-corrected chi connectivity index (χ0v) is 17.6. The van der Waals surface area contributed by atoms with Crippen molar-refractivity contribution in [1.82, 2.24) is 14.7 Å². The molecule has 0 aliphatic rings. The minimum absolute atomic E-state index is 0.0811. The Hall–Kier alpha value is -2.05. The van der Waals surface area contributed by atoms with Crippen molar-refractivity contribution in [2.24, 2.45) is 0 Å². The van der Waals surface area contributed by atoms with Crippen molar-refractivity contribution in [2.75, 3.05) is 13.7 Å². The van der Waals surface area contributed by atoms with Crippen LogP contribution in [-0.2, 0) is 20.7 Å². The molecule has 0 aliphatic carbocycles. The fraction of sp³-hybridized carbons (Fsp3) is 0.421. The Labute approximate surface area is 169 Å². The smallest absolute Gasteiger partial charge is 0.325 e. The van der Waals surface area contributed by atoms with E-state index >= 15 is 0 Å². The van der Waals surface area contributed by atoms with Crippen molar-refractivity contribution in [3.05, 3.63) is 45.2 Å². The Morgan fingerprint density at radius 1 is 1.26 bits per heavy atom. The molecule has 146 valence electrons. The van der Waals surface area contributed by atoms with E-state index in [1.165, 1.54) is 12.0 Å². The lowest BCUT2D eigenvalue weighted by molar-refractivity contribution is -0.148. The Morgan fingerprint density at radius 2 is 1.93 bits per heavy atom. The van der Waals surface area contributed by atoms with Crippen molar-refractivity contribution < 1.29 is 14.3 Å². The van der Waals surface area contributed by atoms with E-state index in [-0.39, 0.29) is 24.9 Å². The number of aryl methyl sites for hydroxylation is 1. The van der Waals surface area contributed by atoms with Gasteiger partial charge in [0, 0.05) is 22.3 Å². The molecular formula is C19H23Cl2N3O3. The summed E-state index contributed by atoms with van der Waals surface area (Å²) < 4.78 is 6.39. The van der Waals surface area contributed by atoms with Crippen molar-refractivity contribution in [3.8, 4) is 5.69 Å². The summed E-state index contributed by atoms with van der Waals surface area (Å²) in [4.78, 5) is 25.9. The van der Waals surface area contributed by atoms with E-state index in [2.05, 4.69) is 9.84 Å². The fourth-order valence-electron chi connectivity index (χ4n) is 2.83. The first-order valence-corrected chi connectivity index (χ1v) is 9.28. The molecular weight excluding hydrogens is 389 g/mol. The number of carbonyl (C=O) groups is 2. The molecule has 0 spiro atoms. The van der Waals surface area contributed by atoms with Crippen LogP contribution in [0, 0.1) is 13.8 Å². The number of carbonyl (C=O) groups excluding carboxylic acids is 2. The van der Waals surface area contributed by atoms with Crippen LogP contribution in [0.15, 0.2) is 18.2 Å². The Kier molecular flexibility index (Phi) is 6.89. The molecule has 27 heavy (non-hydrogen) atoms. The number of aromatic nitrogens is 2. The lowest BCUT2D eigenvalue weighted by Gasteiger charge is -2.25. The summed E-state index contributed by atoms with van der Waals surface area (Å²) in [7, 11) is 1.31. The highest BCUT2D eigenvalue weighted by molar-refractivity contribution is 6.35. The quantitative estimate of drug-likeness (QED) is 0.678. The van der Waals surface area contributed by atoms with Gasteiger partial charge in [-0.1, -0.05) is 23.2 Å². The van der Waals surface area contributed by atoms with E-state index in [0.29, 0.717) is 15.7 Å². The standard InChI is InChI=1S/C19H23Cl2N3O3/c1-11(2)23(10-19(26)27-5)18(25)9-15-12(3)22-24(13(15)4)17-7-6-14(20)8-16(17)21/h6-8,11H,9-10H2,1-5H3. The molecule has 2 rings (SSSR count). The van der Waals surface area contributed by atoms with Crippen LogP contribution >= 0.6 is 23.2 Å². The number of hydrogen-bond donors (Lipinski definition) is 0. The van der Waals surface area contributed by atoms with E-state index in [1.807, 2.05) is 27.7 Å². The van der Waals surface area contributed by atoms with Gasteiger partial charge in [-0.15, -0.1) is 0 Å². The minimum Gasteiger partial charge on any atom is -0.468 e. The lowest BCUT2D eigenvalue weighted by Crippen LogP contribution is -2.42. The normalized spacial score (nSPS) is 11.0. The predicted octanol–water partition coefficient (Wildman–Crippen LogP) is 3.75. The van der Waals surface area contributed by atoms with E-state index in [0.717, 1.165) is 17.0 Å². The number of benzene rings is 1. The molecule has 1 amide bonds. The zero-order chi connectivity index (χ0) is 20.3. The fourth-order valence-corrected chi connectivity index (χ4v) is 3.32. The third kappa shape index (κ3) is 4.82. The second-order valence-corrected chi connectivity index (χ2v) is 7.37. The molecule has 0 aliphatic heterocycles. The van der Waals surface area contributed by atoms with E-state index in [9.17, 15) is 9.59 Å². The van der Waals surface area contributed by atoms with Crippen molar-refractivity contribution in [2.45, 2.75) is 40.2 Å². The van der Waals surface area contributed by atoms with Crippen LogP contribution < -0.4 is 0 Å². The number of nitrogens with zero attached hydrogens (tertiary/aromatic N) is 3. The Balaban J connectivity index is 2.33. The maximum Gasteiger partial charge on any atom is 0.325 e. The van der Waals surface area contributed by atoms with Gasteiger partial charge in [-0.2, -0.15) is 5.10 Å². The number of esters is 1. The first-order valence-electron chi connectivity index (χ1n) is 8.52. The highest BCUT2D eigenvalue weighted by Crippen LogP contribution is 2.27. The van der Waals surface area contributed by atoms with Crippen LogP contribution in [0.4, 0.5) is 0 Å². The number of halogens is 2. The average Bonchev–Trinajstić information content (AvgIpc) is 2.87. The van der Waals surface area contributed by atoms with Crippen LogP contribution in [0.2, 0.25) is 10.0 Å². The third-order valence-corrected chi connectivity index (χ3v) is 4.92. The molecule has 0 bridgehead atoms. The van der Waals surface area contributed by atoms with Crippen LogP contribution in [0.5, 0.6) is 0 Å². The summed E-state index contributed by atoms with van der Waals surface area (Å²) in [5.41, 5.74) is 3.04. The van der Waals surface area contributed by atoms with Crippen molar-refractivity contribution in [3.63, 3.8) is 0 Å². The molecule has 2 aromatic rings. The molecule has 1 heterocycles. The van der Waals surface area contributed by atoms with Crippen LogP contribution in [0.25, 0.3) is 5.69 Å². The Morgan fingerprint density at radius 3 is 2.48 bits per heavy atom. The molecule has 0 saturated carbocycles. The summed E-state index contributed by atoms with van der Waals surface area (Å²) in [6, 6.07) is 5.04. The summed E-state index contributed by atoms with van der Waals surface area (Å²) in [6.07, 6.45) is 0.137. The van der Waals surface area contributed by atoms with Gasteiger partial charge in [0.2, 0.25) is 5.91 Å². The van der Waals surface area contributed by atoms with Crippen LogP contribution in [0.3, 0.4) is 0 Å². The van der Waals surface area contributed by atoms with E-state index in [1.54, 1.807) is 22.9 Å². The lowest BCUT2D eigenvalue weighted by atomic mass is 10.1. The van der Waals surface area contributed by atoms with Crippen LogP contribution in [-0.4, -0.2) is 46.3 Å². The molecule has 0 N–H and O–H groups in total. The highest BCUT2D eigenvalue weighted by atomic mass is 35.5. The molecule has 1 aromatic carbocycles. The van der Waals surface area contributed by atoms with Crippen LogP contribution in [0.1, 0.15) is 30.8 Å². The second-order valence-electron chi connectivity index (χ2n) is 6.53. The first-order chi connectivity index (χ1) is 12.6. The molecule has 6 nitrogen and oxygen atoms in total. The van der Waals surface area contributed by atoms with E-state index < -0.39 is 5.97 Å². The van der Waals surface area contributed by atoms with Gasteiger partial charge >= 0.3 is 5.97 Å².